The molecule has 0 radical (unpaired) electrons. The minimum Gasteiger partial charge on any atom is -0.280 e. The maximum absolute atomic E-state index is 12.4. The standard InChI is InChI=1S/C14H11Cl2N3O2S/c1-19-13-4-3-11(6-9(13)8-17-19)18-22(20,21)14-5-2-10(15)7-12(14)16/h2-8,18H,1H3. The summed E-state index contributed by atoms with van der Waals surface area (Å²) in [7, 11) is -1.97. The average molecular weight is 356 g/mol. The maximum atomic E-state index is 12.4. The van der Waals surface area contributed by atoms with Crippen molar-refractivity contribution < 1.29 is 8.42 Å². The van der Waals surface area contributed by atoms with Crippen LogP contribution in [-0.4, -0.2) is 18.2 Å². The summed E-state index contributed by atoms with van der Waals surface area (Å²) in [5, 5.41) is 5.40. The second-order valence-corrected chi connectivity index (χ2v) is 7.22. The Kier molecular flexibility index (Phi) is 3.76. The highest BCUT2D eigenvalue weighted by Crippen LogP contribution is 2.27. The van der Waals surface area contributed by atoms with E-state index in [0.29, 0.717) is 10.7 Å². The van der Waals surface area contributed by atoms with Crippen LogP contribution in [0.3, 0.4) is 0 Å². The normalized spacial score (nSPS) is 11.8. The molecule has 3 rings (SSSR count). The van der Waals surface area contributed by atoms with Gasteiger partial charge in [-0.2, -0.15) is 5.10 Å². The van der Waals surface area contributed by atoms with Gasteiger partial charge < -0.3 is 0 Å². The third kappa shape index (κ3) is 2.77. The van der Waals surface area contributed by atoms with Crippen molar-refractivity contribution in [1.82, 2.24) is 9.78 Å². The van der Waals surface area contributed by atoms with Crippen molar-refractivity contribution in [2.24, 2.45) is 7.05 Å². The van der Waals surface area contributed by atoms with Crippen LogP contribution in [0, 0.1) is 0 Å². The molecule has 0 fully saturated rings. The summed E-state index contributed by atoms with van der Waals surface area (Å²) in [6.07, 6.45) is 1.67. The van der Waals surface area contributed by atoms with E-state index in [2.05, 4.69) is 9.82 Å². The minimum atomic E-state index is -3.79. The van der Waals surface area contributed by atoms with Crippen LogP contribution < -0.4 is 4.72 Å². The van der Waals surface area contributed by atoms with Gasteiger partial charge >= 0.3 is 0 Å². The highest BCUT2D eigenvalue weighted by Gasteiger charge is 2.18. The lowest BCUT2D eigenvalue weighted by molar-refractivity contribution is 0.601. The third-order valence-electron chi connectivity index (χ3n) is 3.18. The van der Waals surface area contributed by atoms with E-state index in [9.17, 15) is 8.42 Å². The molecule has 22 heavy (non-hydrogen) atoms. The first-order valence-corrected chi connectivity index (χ1v) is 8.50. The van der Waals surface area contributed by atoms with Gasteiger partial charge in [-0.15, -0.1) is 0 Å². The van der Waals surface area contributed by atoms with Crippen LogP contribution in [-0.2, 0) is 17.1 Å². The Morgan fingerprint density at radius 1 is 1.14 bits per heavy atom. The van der Waals surface area contributed by atoms with Crippen LogP contribution in [0.2, 0.25) is 10.0 Å². The van der Waals surface area contributed by atoms with Gasteiger partial charge in [0.05, 0.1) is 16.7 Å². The van der Waals surface area contributed by atoms with Gasteiger partial charge in [0.1, 0.15) is 4.90 Å². The van der Waals surface area contributed by atoms with Crippen LogP contribution in [0.25, 0.3) is 10.9 Å². The SMILES string of the molecule is Cn1ncc2cc(NS(=O)(=O)c3ccc(Cl)cc3Cl)ccc21. The molecule has 8 heteroatoms. The molecular formula is C14H11Cl2N3O2S. The van der Waals surface area contributed by atoms with Crippen LogP contribution in [0.5, 0.6) is 0 Å². The first-order valence-electron chi connectivity index (χ1n) is 6.26. The number of halogens is 2. The van der Waals surface area contributed by atoms with Crippen molar-refractivity contribution in [3.8, 4) is 0 Å². The van der Waals surface area contributed by atoms with Crippen molar-refractivity contribution in [2.45, 2.75) is 4.90 Å². The second kappa shape index (κ2) is 5.46. The first-order chi connectivity index (χ1) is 10.4. The fourth-order valence-electron chi connectivity index (χ4n) is 2.13. The molecule has 1 N–H and O–H groups in total. The molecule has 0 aliphatic carbocycles. The Morgan fingerprint density at radius 3 is 2.64 bits per heavy atom. The van der Waals surface area contributed by atoms with Gasteiger partial charge in [0, 0.05) is 23.1 Å². The van der Waals surface area contributed by atoms with Gasteiger partial charge in [-0.25, -0.2) is 8.42 Å². The summed E-state index contributed by atoms with van der Waals surface area (Å²) >= 11 is 11.7. The molecule has 0 unspecified atom stereocenters. The molecule has 3 aromatic rings. The van der Waals surface area contributed by atoms with E-state index in [0.717, 1.165) is 10.9 Å². The molecule has 0 saturated carbocycles. The Morgan fingerprint density at radius 2 is 1.91 bits per heavy atom. The molecule has 114 valence electrons. The zero-order valence-corrected chi connectivity index (χ0v) is 13.7. The number of aromatic nitrogens is 2. The van der Waals surface area contributed by atoms with E-state index >= 15 is 0 Å². The van der Waals surface area contributed by atoms with Crippen molar-refractivity contribution in [2.75, 3.05) is 4.72 Å². The molecule has 1 aromatic heterocycles. The van der Waals surface area contributed by atoms with E-state index in [4.69, 9.17) is 23.2 Å². The highest BCUT2D eigenvalue weighted by molar-refractivity contribution is 7.92. The van der Waals surface area contributed by atoms with Gasteiger partial charge in [-0.05, 0) is 36.4 Å². The molecule has 1 heterocycles. The van der Waals surface area contributed by atoms with Crippen molar-refractivity contribution in [3.05, 3.63) is 52.6 Å². The molecule has 0 atom stereocenters. The van der Waals surface area contributed by atoms with Crippen molar-refractivity contribution >= 4 is 49.8 Å². The minimum absolute atomic E-state index is 0.0233. The van der Waals surface area contributed by atoms with E-state index in [1.54, 1.807) is 29.1 Å². The number of anilines is 1. The molecule has 5 nitrogen and oxygen atoms in total. The maximum Gasteiger partial charge on any atom is 0.263 e. The number of hydrogen-bond acceptors (Lipinski definition) is 3. The van der Waals surface area contributed by atoms with Crippen LogP contribution in [0.1, 0.15) is 0 Å². The molecule has 0 amide bonds. The lowest BCUT2D eigenvalue weighted by atomic mass is 10.2. The van der Waals surface area contributed by atoms with E-state index in [1.165, 1.54) is 18.2 Å². The summed E-state index contributed by atoms with van der Waals surface area (Å²) in [6, 6.07) is 9.42. The van der Waals surface area contributed by atoms with Gasteiger partial charge in [0.15, 0.2) is 0 Å². The molecule has 0 bridgehead atoms. The van der Waals surface area contributed by atoms with E-state index < -0.39 is 10.0 Å². The van der Waals surface area contributed by atoms with Crippen molar-refractivity contribution in [3.63, 3.8) is 0 Å². The Labute approximate surface area is 137 Å². The lowest BCUT2D eigenvalue weighted by Gasteiger charge is -2.10. The molecular weight excluding hydrogens is 345 g/mol. The van der Waals surface area contributed by atoms with Gasteiger partial charge in [-0.3, -0.25) is 9.40 Å². The number of fused-ring (bicyclic) bond motifs is 1. The molecule has 0 aliphatic heterocycles. The summed E-state index contributed by atoms with van der Waals surface area (Å²) in [4.78, 5) is -0.0233. The zero-order chi connectivity index (χ0) is 15.9. The molecule has 0 aliphatic rings. The average Bonchev–Trinajstić information content (AvgIpc) is 2.79. The summed E-state index contributed by atoms with van der Waals surface area (Å²) in [6.45, 7) is 0. The highest BCUT2D eigenvalue weighted by atomic mass is 35.5. The molecule has 0 saturated heterocycles. The number of nitrogens with one attached hydrogen (secondary N) is 1. The van der Waals surface area contributed by atoms with Crippen molar-refractivity contribution in [1.29, 1.82) is 0 Å². The lowest BCUT2D eigenvalue weighted by Crippen LogP contribution is -2.13. The Bertz CT molecular complexity index is 967. The van der Waals surface area contributed by atoms with Crippen LogP contribution >= 0.6 is 23.2 Å². The number of nitrogens with zero attached hydrogens (tertiary/aromatic N) is 2. The fourth-order valence-corrected chi connectivity index (χ4v) is 3.95. The van der Waals surface area contributed by atoms with Gasteiger partial charge in [0.25, 0.3) is 10.0 Å². The smallest absolute Gasteiger partial charge is 0.263 e. The summed E-state index contributed by atoms with van der Waals surface area (Å²) in [5.41, 5.74) is 1.35. The monoisotopic (exact) mass is 355 g/mol. The van der Waals surface area contributed by atoms with E-state index in [1.807, 2.05) is 7.05 Å². The van der Waals surface area contributed by atoms with E-state index in [-0.39, 0.29) is 9.92 Å². The molecule has 2 aromatic carbocycles. The largest absolute Gasteiger partial charge is 0.280 e. The number of rotatable bonds is 3. The number of hydrogen-bond donors (Lipinski definition) is 1. The van der Waals surface area contributed by atoms with Gasteiger partial charge in [0.2, 0.25) is 0 Å². The number of benzene rings is 2. The summed E-state index contributed by atoms with van der Waals surface area (Å²) < 4.78 is 29.0. The van der Waals surface area contributed by atoms with Crippen LogP contribution in [0.4, 0.5) is 5.69 Å². The topological polar surface area (TPSA) is 64.0 Å². The number of aryl methyl sites for hydroxylation is 1. The zero-order valence-electron chi connectivity index (χ0n) is 11.4. The first kappa shape index (κ1) is 15.1. The Balaban J connectivity index is 1.98. The second-order valence-electron chi connectivity index (χ2n) is 4.72. The van der Waals surface area contributed by atoms with Gasteiger partial charge in [-0.1, -0.05) is 23.2 Å². The fraction of sp³-hybridized carbons (Fsp3) is 0.0714. The van der Waals surface area contributed by atoms with Crippen LogP contribution in [0.15, 0.2) is 47.5 Å². The predicted molar refractivity (Wildman–Crippen MR) is 88.0 cm³/mol. The predicted octanol–water partition coefficient (Wildman–Crippen LogP) is 3.68. The molecule has 0 spiro atoms. The quantitative estimate of drug-likeness (QED) is 0.779. The number of sulfonamides is 1. The summed E-state index contributed by atoms with van der Waals surface area (Å²) in [5.74, 6) is 0. The Hall–Kier alpha value is -1.76. The third-order valence-corrected chi connectivity index (χ3v) is 5.28.